The Morgan fingerprint density at radius 2 is 1.92 bits per heavy atom. The van der Waals surface area contributed by atoms with E-state index in [4.69, 9.17) is 11.6 Å². The second-order valence-corrected chi connectivity index (χ2v) is 8.96. The fourth-order valence-corrected chi connectivity index (χ4v) is 4.38. The lowest BCUT2D eigenvalue weighted by atomic mass is 10.0. The molecule has 0 bridgehead atoms. The minimum absolute atomic E-state index is 0.0230. The van der Waals surface area contributed by atoms with E-state index in [1.807, 2.05) is 12.1 Å². The smallest absolute Gasteiger partial charge is 0.269 e. The maximum absolute atomic E-state index is 12.8. The second-order valence-electron chi connectivity index (χ2n) is 8.96. The van der Waals surface area contributed by atoms with Gasteiger partial charge in [0.2, 0.25) is 5.91 Å². The first-order valence-electron chi connectivity index (χ1n) is 11.7. The first-order chi connectivity index (χ1) is 17.2. The van der Waals surface area contributed by atoms with Crippen molar-refractivity contribution in [3.8, 4) is 11.3 Å². The summed E-state index contributed by atoms with van der Waals surface area (Å²) in [4.78, 5) is 47.8. The van der Waals surface area contributed by atoms with Crippen molar-refractivity contribution in [1.29, 1.82) is 0 Å². The SMILES string of the molecule is C=CC(=O)N1CCC[C@H]1c1nc(-c2ccc(C(=O)Nc3cc(C(C)C)ccn3)cc2)c(C(N)=O)n1N. The van der Waals surface area contributed by atoms with Crippen LogP contribution in [0, 0.1) is 0 Å². The van der Waals surface area contributed by atoms with E-state index in [-0.39, 0.29) is 23.2 Å². The summed E-state index contributed by atoms with van der Waals surface area (Å²) in [6.45, 7) is 8.23. The summed E-state index contributed by atoms with van der Waals surface area (Å²) in [5.41, 5.74) is 7.98. The summed E-state index contributed by atoms with van der Waals surface area (Å²) in [5.74, 6) is 6.08. The molecule has 0 radical (unpaired) electrons. The Kier molecular flexibility index (Phi) is 6.86. The van der Waals surface area contributed by atoms with Crippen LogP contribution in [0.15, 0.2) is 55.3 Å². The van der Waals surface area contributed by atoms with Crippen molar-refractivity contribution in [1.82, 2.24) is 19.5 Å². The third-order valence-electron chi connectivity index (χ3n) is 6.29. The number of carbonyl (C=O) groups is 3. The topological polar surface area (TPSA) is 149 Å². The quantitative estimate of drug-likeness (QED) is 0.344. The molecule has 10 nitrogen and oxygen atoms in total. The van der Waals surface area contributed by atoms with Crippen molar-refractivity contribution >= 4 is 23.5 Å². The molecule has 1 aliphatic rings. The normalized spacial score (nSPS) is 15.2. The number of anilines is 1. The molecule has 36 heavy (non-hydrogen) atoms. The van der Waals surface area contributed by atoms with Gasteiger partial charge < -0.3 is 21.8 Å². The Morgan fingerprint density at radius 1 is 1.19 bits per heavy atom. The van der Waals surface area contributed by atoms with E-state index in [1.165, 1.54) is 6.08 Å². The Morgan fingerprint density at radius 3 is 2.56 bits per heavy atom. The van der Waals surface area contributed by atoms with Crippen LogP contribution in [-0.2, 0) is 4.79 Å². The summed E-state index contributed by atoms with van der Waals surface area (Å²) in [5, 5.41) is 2.80. The summed E-state index contributed by atoms with van der Waals surface area (Å²) in [6.07, 6.45) is 4.33. The highest BCUT2D eigenvalue weighted by atomic mass is 16.2. The zero-order chi connectivity index (χ0) is 26.0. The van der Waals surface area contributed by atoms with Crippen molar-refractivity contribution in [3.63, 3.8) is 0 Å². The average molecular weight is 488 g/mol. The maximum Gasteiger partial charge on any atom is 0.269 e. The number of hydrogen-bond donors (Lipinski definition) is 3. The third kappa shape index (κ3) is 4.70. The number of primary amides is 1. The number of imidazole rings is 1. The van der Waals surface area contributed by atoms with Gasteiger partial charge in [-0.1, -0.05) is 32.6 Å². The van der Waals surface area contributed by atoms with Crippen LogP contribution in [0.3, 0.4) is 0 Å². The molecule has 0 spiro atoms. The van der Waals surface area contributed by atoms with Crippen LogP contribution in [0.1, 0.15) is 70.9 Å². The van der Waals surface area contributed by atoms with Crippen LogP contribution < -0.4 is 16.9 Å². The predicted molar refractivity (Wildman–Crippen MR) is 136 cm³/mol. The Bertz CT molecular complexity index is 1330. The first-order valence-corrected chi connectivity index (χ1v) is 11.7. The van der Waals surface area contributed by atoms with Gasteiger partial charge in [0.05, 0.1) is 6.04 Å². The number of carbonyl (C=O) groups excluding carboxylic acids is 3. The lowest BCUT2D eigenvalue weighted by molar-refractivity contribution is -0.127. The van der Waals surface area contributed by atoms with E-state index in [9.17, 15) is 14.4 Å². The van der Waals surface area contributed by atoms with Crippen LogP contribution in [-0.4, -0.2) is 43.8 Å². The minimum atomic E-state index is -0.747. The summed E-state index contributed by atoms with van der Waals surface area (Å²) < 4.78 is 1.16. The van der Waals surface area contributed by atoms with Gasteiger partial charge in [-0.2, -0.15) is 0 Å². The molecule has 186 valence electrons. The van der Waals surface area contributed by atoms with Crippen LogP contribution >= 0.6 is 0 Å². The van der Waals surface area contributed by atoms with Crippen LogP contribution in [0.2, 0.25) is 0 Å². The van der Waals surface area contributed by atoms with Crippen molar-refractivity contribution in [2.24, 2.45) is 5.73 Å². The second kappa shape index (κ2) is 10.0. The number of nitrogens with one attached hydrogen (secondary N) is 1. The van der Waals surface area contributed by atoms with Gasteiger partial charge in [0.15, 0.2) is 11.5 Å². The van der Waals surface area contributed by atoms with E-state index in [0.717, 1.165) is 16.7 Å². The third-order valence-corrected chi connectivity index (χ3v) is 6.29. The number of nitrogens with zero attached hydrogens (tertiary/aromatic N) is 4. The molecule has 1 atom stereocenters. The molecular formula is C26H29N7O3. The van der Waals surface area contributed by atoms with Gasteiger partial charge in [0, 0.05) is 23.9 Å². The number of nitrogens with two attached hydrogens (primary N) is 2. The number of amides is 3. The zero-order valence-electron chi connectivity index (χ0n) is 20.3. The molecule has 2 aromatic heterocycles. The molecule has 5 N–H and O–H groups in total. The van der Waals surface area contributed by atoms with E-state index in [0.29, 0.717) is 41.7 Å². The van der Waals surface area contributed by atoms with Crippen molar-refractivity contribution in [2.45, 2.75) is 38.6 Å². The summed E-state index contributed by atoms with van der Waals surface area (Å²) in [6, 6.07) is 9.95. The van der Waals surface area contributed by atoms with Gasteiger partial charge in [-0.25, -0.2) is 14.6 Å². The van der Waals surface area contributed by atoms with Crippen molar-refractivity contribution in [3.05, 3.63) is 77.9 Å². The van der Waals surface area contributed by atoms with Crippen molar-refractivity contribution in [2.75, 3.05) is 17.7 Å². The van der Waals surface area contributed by atoms with Gasteiger partial charge in [0.25, 0.3) is 11.8 Å². The van der Waals surface area contributed by atoms with Gasteiger partial charge in [-0.3, -0.25) is 14.4 Å². The van der Waals surface area contributed by atoms with E-state index in [1.54, 1.807) is 35.4 Å². The summed E-state index contributed by atoms with van der Waals surface area (Å²) >= 11 is 0. The molecule has 3 heterocycles. The minimum Gasteiger partial charge on any atom is -0.364 e. The molecular weight excluding hydrogens is 458 g/mol. The highest BCUT2D eigenvalue weighted by Crippen LogP contribution is 2.34. The number of benzene rings is 1. The van der Waals surface area contributed by atoms with E-state index < -0.39 is 11.9 Å². The standard InChI is InChI=1S/C26H29N7O3/c1-4-21(34)32-13-5-6-19(32)25-31-22(23(24(27)35)33(25)28)16-7-9-17(10-8-16)26(36)30-20-14-18(15(2)3)11-12-29-20/h4,7-12,14-15,19H,1,5-6,13,28H2,2-3H3,(H2,27,35)(H,29,30,36)/t19-/m0/s1. The number of hydrogen-bond acceptors (Lipinski definition) is 6. The highest BCUT2D eigenvalue weighted by molar-refractivity contribution is 6.04. The number of aromatic nitrogens is 3. The molecule has 0 unspecified atom stereocenters. The fraction of sp³-hybridized carbons (Fsp3) is 0.269. The monoisotopic (exact) mass is 487 g/mol. The molecule has 1 aliphatic heterocycles. The molecule has 1 aromatic carbocycles. The van der Waals surface area contributed by atoms with Crippen LogP contribution in [0.25, 0.3) is 11.3 Å². The Labute approximate surface area is 209 Å². The van der Waals surface area contributed by atoms with Gasteiger partial charge >= 0.3 is 0 Å². The van der Waals surface area contributed by atoms with Gasteiger partial charge in [-0.05, 0) is 54.7 Å². The van der Waals surface area contributed by atoms with Gasteiger partial charge in [0.1, 0.15) is 11.5 Å². The zero-order valence-corrected chi connectivity index (χ0v) is 20.3. The van der Waals surface area contributed by atoms with E-state index >= 15 is 0 Å². The average Bonchev–Trinajstić information content (AvgIpc) is 3.48. The number of likely N-dealkylation sites (tertiary alicyclic amines) is 1. The molecule has 1 saturated heterocycles. The largest absolute Gasteiger partial charge is 0.364 e. The predicted octanol–water partition coefficient (Wildman–Crippen LogP) is 2.98. The van der Waals surface area contributed by atoms with Crippen LogP contribution in [0.4, 0.5) is 5.82 Å². The molecule has 10 heteroatoms. The molecule has 0 aliphatic carbocycles. The molecule has 0 saturated carbocycles. The van der Waals surface area contributed by atoms with Crippen LogP contribution in [0.5, 0.6) is 0 Å². The number of rotatable bonds is 7. The Hall–Kier alpha value is -4.47. The number of nitrogen functional groups attached to an aromatic ring is 1. The van der Waals surface area contributed by atoms with Crippen molar-refractivity contribution < 1.29 is 14.4 Å². The molecule has 3 amide bonds. The highest BCUT2D eigenvalue weighted by Gasteiger charge is 2.34. The molecule has 3 aromatic rings. The molecule has 4 rings (SSSR count). The van der Waals surface area contributed by atoms with Gasteiger partial charge in [-0.15, -0.1) is 0 Å². The molecule has 1 fully saturated rings. The Balaban J connectivity index is 1.62. The van der Waals surface area contributed by atoms with E-state index in [2.05, 4.69) is 35.7 Å². The summed E-state index contributed by atoms with van der Waals surface area (Å²) in [7, 11) is 0. The lowest BCUT2D eigenvalue weighted by Crippen LogP contribution is -2.32. The maximum atomic E-state index is 12.8. The number of pyridine rings is 1. The first kappa shape index (κ1) is 24.6. The fourth-order valence-electron chi connectivity index (χ4n) is 4.38. The lowest BCUT2D eigenvalue weighted by Gasteiger charge is -2.22.